The maximum absolute atomic E-state index is 4.91. The van der Waals surface area contributed by atoms with Crippen LogP contribution in [-0.2, 0) is 12.8 Å². The van der Waals surface area contributed by atoms with Crippen molar-refractivity contribution in [3.05, 3.63) is 52.4 Å². The van der Waals surface area contributed by atoms with Gasteiger partial charge in [0.15, 0.2) is 0 Å². The van der Waals surface area contributed by atoms with Crippen molar-refractivity contribution in [2.45, 2.75) is 26.7 Å². The van der Waals surface area contributed by atoms with E-state index in [1.54, 1.807) is 0 Å². The second-order valence-corrected chi connectivity index (χ2v) is 6.98. The predicted molar refractivity (Wildman–Crippen MR) is 93.2 cm³/mol. The van der Waals surface area contributed by atoms with E-state index in [4.69, 9.17) is 5.10 Å². The molecule has 3 aromatic rings. The molecule has 112 valence electrons. The molecule has 2 aromatic heterocycles. The van der Waals surface area contributed by atoms with Gasteiger partial charge in [-0.1, -0.05) is 19.1 Å². The molecule has 0 bridgehead atoms. The number of rotatable bonds is 3. The summed E-state index contributed by atoms with van der Waals surface area (Å²) in [6.07, 6.45) is 2.12. The molecule has 3 nitrogen and oxygen atoms in total. The minimum atomic E-state index is 0.998. The van der Waals surface area contributed by atoms with Gasteiger partial charge in [-0.15, -0.1) is 11.3 Å². The molecule has 0 radical (unpaired) electrons. The average molecular weight is 309 g/mol. The normalized spacial score (nSPS) is 13.2. The van der Waals surface area contributed by atoms with E-state index in [1.165, 1.54) is 20.9 Å². The lowest BCUT2D eigenvalue weighted by Crippen LogP contribution is -2.04. The van der Waals surface area contributed by atoms with Crippen LogP contribution in [0.5, 0.6) is 0 Å². The van der Waals surface area contributed by atoms with Gasteiger partial charge in [-0.05, 0) is 49.6 Å². The number of fused-ring (bicyclic) bond motifs is 1. The number of thiophene rings is 1. The fraction of sp³-hybridized carbons (Fsp3) is 0.278. The van der Waals surface area contributed by atoms with Crippen molar-refractivity contribution in [3.63, 3.8) is 0 Å². The molecule has 1 aliphatic heterocycles. The summed E-state index contributed by atoms with van der Waals surface area (Å²) in [5.74, 6) is 1.16. The number of aromatic nitrogens is 2. The largest absolute Gasteiger partial charge is 0.369 e. The highest BCUT2D eigenvalue weighted by atomic mass is 32.1. The molecular weight excluding hydrogens is 290 g/mol. The Balaban J connectivity index is 1.83. The first-order valence-electron chi connectivity index (χ1n) is 7.78. The molecule has 22 heavy (non-hydrogen) atoms. The zero-order valence-electron chi connectivity index (χ0n) is 12.9. The van der Waals surface area contributed by atoms with Crippen molar-refractivity contribution in [3.8, 4) is 16.3 Å². The number of nitrogens with one attached hydrogen (secondary N) is 1. The van der Waals surface area contributed by atoms with E-state index >= 15 is 0 Å². The SMILES string of the molecule is CCc1ccc(-n2nc(-c3ccc(C)s3)c3c2NCC3)cc1. The third-order valence-corrected chi connectivity index (χ3v) is 5.22. The predicted octanol–water partition coefficient (Wildman–Crippen LogP) is 4.44. The lowest BCUT2D eigenvalue weighted by atomic mass is 10.1. The first-order chi connectivity index (χ1) is 10.8. The van der Waals surface area contributed by atoms with Crippen LogP contribution in [0.1, 0.15) is 22.9 Å². The van der Waals surface area contributed by atoms with E-state index < -0.39 is 0 Å². The van der Waals surface area contributed by atoms with Gasteiger partial charge in [0.25, 0.3) is 0 Å². The van der Waals surface area contributed by atoms with Crippen molar-refractivity contribution in [1.82, 2.24) is 9.78 Å². The maximum Gasteiger partial charge on any atom is 0.133 e. The zero-order valence-corrected chi connectivity index (χ0v) is 13.7. The summed E-state index contributed by atoms with van der Waals surface area (Å²) in [6.45, 7) is 5.32. The average Bonchev–Trinajstić information content (AvgIpc) is 3.23. The van der Waals surface area contributed by atoms with E-state index in [9.17, 15) is 0 Å². The van der Waals surface area contributed by atoms with Crippen LogP contribution in [0.3, 0.4) is 0 Å². The molecule has 0 spiro atoms. The molecule has 1 N–H and O–H groups in total. The van der Waals surface area contributed by atoms with Crippen LogP contribution in [0.2, 0.25) is 0 Å². The monoisotopic (exact) mass is 309 g/mol. The highest BCUT2D eigenvalue weighted by Crippen LogP contribution is 2.37. The summed E-state index contributed by atoms with van der Waals surface area (Å²) >= 11 is 1.82. The van der Waals surface area contributed by atoms with E-state index in [0.717, 1.165) is 36.6 Å². The minimum absolute atomic E-state index is 0.998. The quantitative estimate of drug-likeness (QED) is 0.775. The van der Waals surface area contributed by atoms with Crippen molar-refractivity contribution in [1.29, 1.82) is 0 Å². The van der Waals surface area contributed by atoms with E-state index in [-0.39, 0.29) is 0 Å². The summed E-state index contributed by atoms with van der Waals surface area (Å²) in [7, 11) is 0. The van der Waals surface area contributed by atoms with Gasteiger partial charge in [-0.25, -0.2) is 4.68 Å². The molecule has 4 rings (SSSR count). The molecule has 0 aliphatic carbocycles. The van der Waals surface area contributed by atoms with E-state index in [2.05, 4.69) is 60.2 Å². The number of aryl methyl sites for hydroxylation is 2. The van der Waals surface area contributed by atoms with Gasteiger partial charge >= 0.3 is 0 Å². The Morgan fingerprint density at radius 2 is 2.00 bits per heavy atom. The fourth-order valence-corrected chi connectivity index (χ4v) is 3.87. The number of hydrogen-bond donors (Lipinski definition) is 1. The Labute approximate surface area is 134 Å². The summed E-state index contributed by atoms with van der Waals surface area (Å²) < 4.78 is 2.06. The van der Waals surface area contributed by atoms with Crippen LogP contribution in [-0.4, -0.2) is 16.3 Å². The Kier molecular flexibility index (Phi) is 3.26. The second-order valence-electron chi connectivity index (χ2n) is 5.69. The standard InChI is InChI=1S/C18H19N3S/c1-3-13-5-7-14(8-6-13)21-18-15(10-11-19-18)17(20-21)16-9-4-12(2)22-16/h4-9,19H,3,10-11H2,1-2H3. The van der Waals surface area contributed by atoms with Crippen LogP contribution in [0, 0.1) is 6.92 Å². The second kappa shape index (κ2) is 5.29. The summed E-state index contributed by atoms with van der Waals surface area (Å²) in [5, 5.41) is 8.40. The maximum atomic E-state index is 4.91. The molecule has 0 fully saturated rings. The number of anilines is 1. The molecule has 4 heteroatoms. The third kappa shape index (κ3) is 2.15. The molecule has 0 saturated carbocycles. The number of nitrogens with zero attached hydrogens (tertiary/aromatic N) is 2. The third-order valence-electron chi connectivity index (χ3n) is 4.21. The van der Waals surface area contributed by atoms with Gasteiger partial charge in [0.1, 0.15) is 11.5 Å². The first kappa shape index (κ1) is 13.6. The van der Waals surface area contributed by atoms with Crippen molar-refractivity contribution in [2.24, 2.45) is 0 Å². The molecule has 0 atom stereocenters. The summed E-state index contributed by atoms with van der Waals surface area (Å²) in [6, 6.07) is 13.1. The number of hydrogen-bond acceptors (Lipinski definition) is 3. The first-order valence-corrected chi connectivity index (χ1v) is 8.60. The Morgan fingerprint density at radius 3 is 2.68 bits per heavy atom. The van der Waals surface area contributed by atoms with E-state index in [1.807, 2.05) is 11.3 Å². The van der Waals surface area contributed by atoms with Crippen molar-refractivity contribution in [2.75, 3.05) is 11.9 Å². The lowest BCUT2D eigenvalue weighted by molar-refractivity contribution is 0.882. The van der Waals surface area contributed by atoms with Gasteiger partial charge in [-0.2, -0.15) is 5.10 Å². The molecule has 3 heterocycles. The molecular formula is C18H19N3S. The topological polar surface area (TPSA) is 29.9 Å². The van der Waals surface area contributed by atoms with Crippen molar-refractivity contribution >= 4 is 17.2 Å². The Bertz CT molecular complexity index is 811. The van der Waals surface area contributed by atoms with Crippen LogP contribution in [0.15, 0.2) is 36.4 Å². The van der Waals surface area contributed by atoms with Gasteiger partial charge in [0.2, 0.25) is 0 Å². The highest BCUT2D eigenvalue weighted by Gasteiger charge is 2.24. The van der Waals surface area contributed by atoms with Crippen LogP contribution in [0.4, 0.5) is 5.82 Å². The van der Waals surface area contributed by atoms with Crippen molar-refractivity contribution < 1.29 is 0 Å². The lowest BCUT2D eigenvalue weighted by Gasteiger charge is -2.07. The summed E-state index contributed by atoms with van der Waals surface area (Å²) in [4.78, 5) is 2.60. The van der Waals surface area contributed by atoms with Gasteiger partial charge in [0.05, 0.1) is 10.6 Å². The van der Waals surface area contributed by atoms with Crippen LogP contribution >= 0.6 is 11.3 Å². The zero-order chi connectivity index (χ0) is 15.1. The Morgan fingerprint density at radius 1 is 1.18 bits per heavy atom. The molecule has 0 saturated heterocycles. The Hall–Kier alpha value is -2.07. The molecule has 0 unspecified atom stereocenters. The fourth-order valence-electron chi connectivity index (χ4n) is 2.99. The minimum Gasteiger partial charge on any atom is -0.369 e. The number of benzene rings is 1. The molecule has 1 aromatic carbocycles. The van der Waals surface area contributed by atoms with Gasteiger partial charge < -0.3 is 5.32 Å². The molecule has 0 amide bonds. The highest BCUT2D eigenvalue weighted by molar-refractivity contribution is 7.15. The van der Waals surface area contributed by atoms with Crippen LogP contribution < -0.4 is 5.32 Å². The van der Waals surface area contributed by atoms with Gasteiger partial charge in [0, 0.05) is 17.0 Å². The van der Waals surface area contributed by atoms with E-state index in [0.29, 0.717) is 0 Å². The van der Waals surface area contributed by atoms with Crippen LogP contribution in [0.25, 0.3) is 16.3 Å². The van der Waals surface area contributed by atoms with Gasteiger partial charge in [-0.3, -0.25) is 0 Å². The summed E-state index contributed by atoms with van der Waals surface area (Å²) in [5.41, 5.74) is 4.97. The smallest absolute Gasteiger partial charge is 0.133 e. The molecule has 1 aliphatic rings.